The Hall–Kier alpha value is -3.30. The summed E-state index contributed by atoms with van der Waals surface area (Å²) >= 11 is 12.7. The number of halogens is 2. The van der Waals surface area contributed by atoms with Crippen LogP contribution in [0.1, 0.15) is 50.3 Å². The van der Waals surface area contributed by atoms with E-state index in [2.05, 4.69) is 16.4 Å². The molecule has 9 nitrogen and oxygen atoms in total. The number of allylic oxidation sites excluding steroid dienone is 1. The summed E-state index contributed by atoms with van der Waals surface area (Å²) in [6.07, 6.45) is 6.46. The number of amides is 1. The van der Waals surface area contributed by atoms with Crippen LogP contribution in [0.25, 0.3) is 11.6 Å². The Balaban J connectivity index is 1.21. The first-order valence-electron chi connectivity index (χ1n) is 13.0. The number of aromatic nitrogens is 2. The fourth-order valence-corrected chi connectivity index (χ4v) is 6.33. The van der Waals surface area contributed by atoms with E-state index in [1.165, 1.54) is 0 Å². The zero-order chi connectivity index (χ0) is 27.6. The third kappa shape index (κ3) is 4.72. The Morgan fingerprint density at radius 3 is 2.64 bits per heavy atom. The number of ether oxygens (including phenoxy) is 1. The van der Waals surface area contributed by atoms with Crippen molar-refractivity contribution in [2.45, 2.75) is 44.9 Å². The number of carbonyl (C=O) groups is 1. The molecule has 6 rings (SSSR count). The highest BCUT2D eigenvalue weighted by Gasteiger charge is 2.42. The number of likely N-dealkylation sites (N-methyl/N-ethyl adjacent to an activating group) is 1. The fourth-order valence-electron chi connectivity index (χ4n) is 5.84. The number of guanidine groups is 1. The third-order valence-electron chi connectivity index (χ3n) is 7.62. The Bertz CT molecular complexity index is 1490. The topological polar surface area (TPSA) is 103 Å². The van der Waals surface area contributed by atoms with Crippen LogP contribution in [0.3, 0.4) is 0 Å². The molecule has 4 atom stereocenters. The van der Waals surface area contributed by atoms with Gasteiger partial charge in [-0.1, -0.05) is 41.4 Å². The second kappa shape index (κ2) is 9.41. The molecular weight excluding hydrogens is 539 g/mol. The summed E-state index contributed by atoms with van der Waals surface area (Å²) in [7, 11) is 1.88. The van der Waals surface area contributed by atoms with Crippen molar-refractivity contribution in [3.05, 3.63) is 67.8 Å². The first-order chi connectivity index (χ1) is 18.5. The van der Waals surface area contributed by atoms with Gasteiger partial charge in [-0.2, -0.15) is 0 Å². The number of aliphatic imine (C=N–C) groups is 1. The van der Waals surface area contributed by atoms with Crippen LogP contribution >= 0.6 is 23.2 Å². The number of likely N-dealkylation sites (tertiary alicyclic amines) is 1. The molecule has 0 saturated carbocycles. The molecule has 2 N–H and O–H groups in total. The van der Waals surface area contributed by atoms with E-state index in [9.17, 15) is 9.59 Å². The van der Waals surface area contributed by atoms with Gasteiger partial charge in [-0.25, -0.2) is 14.8 Å². The monoisotopic (exact) mass is 568 g/mol. The SMILES string of the molecule is CN1C(Nc2c(Cl)cccc2Cl)=NC2C=Cc3nc(C4=CC5CN(C(=O)OC(C)(C)C)CC5C4)[nH]c(=O)c3C21. The summed E-state index contributed by atoms with van der Waals surface area (Å²) in [5, 5.41) is 4.20. The van der Waals surface area contributed by atoms with Crippen LogP contribution in [-0.2, 0) is 4.74 Å². The minimum absolute atomic E-state index is 0.179. The van der Waals surface area contributed by atoms with Gasteiger partial charge < -0.3 is 24.8 Å². The molecular formula is C28H30Cl2N6O3. The maximum absolute atomic E-state index is 13.5. The van der Waals surface area contributed by atoms with Crippen molar-refractivity contribution < 1.29 is 9.53 Å². The lowest BCUT2D eigenvalue weighted by Gasteiger charge is -2.29. The van der Waals surface area contributed by atoms with E-state index in [-0.39, 0.29) is 35.6 Å². The lowest BCUT2D eigenvalue weighted by molar-refractivity contribution is 0.0285. The summed E-state index contributed by atoms with van der Waals surface area (Å²) < 4.78 is 5.54. The first kappa shape index (κ1) is 26.0. The fraction of sp³-hybridized carbons (Fsp3) is 0.429. The van der Waals surface area contributed by atoms with Gasteiger partial charge in [-0.15, -0.1) is 0 Å². The van der Waals surface area contributed by atoms with Crippen molar-refractivity contribution in [1.29, 1.82) is 0 Å². The van der Waals surface area contributed by atoms with E-state index < -0.39 is 5.60 Å². The Labute approximate surface area is 236 Å². The second-order valence-corrected chi connectivity index (χ2v) is 12.3. The Morgan fingerprint density at radius 2 is 1.95 bits per heavy atom. The molecule has 0 radical (unpaired) electrons. The van der Waals surface area contributed by atoms with Crippen molar-refractivity contribution in [3.8, 4) is 0 Å². The molecule has 3 heterocycles. The molecule has 0 spiro atoms. The van der Waals surface area contributed by atoms with E-state index in [0.717, 1.165) is 12.0 Å². The van der Waals surface area contributed by atoms with Gasteiger partial charge in [0.05, 0.1) is 39.1 Å². The molecule has 1 fully saturated rings. The van der Waals surface area contributed by atoms with E-state index >= 15 is 0 Å². The molecule has 2 aromatic rings. The minimum Gasteiger partial charge on any atom is -0.444 e. The lowest BCUT2D eigenvalue weighted by Crippen LogP contribution is -2.38. The van der Waals surface area contributed by atoms with Gasteiger partial charge in [-0.05, 0) is 56.9 Å². The zero-order valence-electron chi connectivity index (χ0n) is 22.2. The average molecular weight is 569 g/mol. The van der Waals surface area contributed by atoms with Gasteiger partial charge in [0.2, 0.25) is 0 Å². The number of anilines is 1. The van der Waals surface area contributed by atoms with E-state index in [1.807, 2.05) is 44.9 Å². The number of rotatable bonds is 2. The van der Waals surface area contributed by atoms with Crippen molar-refractivity contribution >= 4 is 52.6 Å². The van der Waals surface area contributed by atoms with Gasteiger partial charge in [0.15, 0.2) is 5.96 Å². The number of carbonyl (C=O) groups excluding carboxylic acids is 1. The standard InChI is InChI=1S/C28H30Cl2N6O3/c1-28(2,3)39-27(38)36-12-15-10-14(11-16(15)13-36)24-31-19-8-9-20-23(21(19)25(37)34-24)35(4)26(32-20)33-22-17(29)6-5-7-18(22)30/h5-10,15-16,20,23H,11-13H2,1-4H3,(H,32,33)(H,31,34,37). The number of hydrogen-bond acceptors (Lipinski definition) is 7. The maximum Gasteiger partial charge on any atom is 0.410 e. The minimum atomic E-state index is -0.522. The van der Waals surface area contributed by atoms with Gasteiger partial charge in [0.25, 0.3) is 5.56 Å². The highest BCUT2D eigenvalue weighted by Crippen LogP contribution is 2.42. The number of nitrogens with zero attached hydrogens (tertiary/aromatic N) is 4. The second-order valence-electron chi connectivity index (χ2n) is 11.5. The van der Waals surface area contributed by atoms with Crippen LogP contribution in [-0.4, -0.2) is 63.6 Å². The molecule has 2 aliphatic heterocycles. The van der Waals surface area contributed by atoms with E-state index in [0.29, 0.717) is 51.9 Å². The van der Waals surface area contributed by atoms with Gasteiger partial charge in [-0.3, -0.25) is 4.79 Å². The molecule has 1 aromatic heterocycles. The quantitative estimate of drug-likeness (QED) is 0.516. The van der Waals surface area contributed by atoms with Crippen molar-refractivity contribution in [2.24, 2.45) is 16.8 Å². The molecule has 4 unspecified atom stereocenters. The normalized spacial score (nSPS) is 25.2. The lowest BCUT2D eigenvalue weighted by atomic mass is 9.93. The number of aromatic amines is 1. The number of hydrogen-bond donors (Lipinski definition) is 2. The molecule has 1 amide bonds. The molecule has 4 aliphatic rings. The molecule has 1 saturated heterocycles. The molecule has 39 heavy (non-hydrogen) atoms. The summed E-state index contributed by atoms with van der Waals surface area (Å²) in [5.74, 6) is 1.66. The number of fused-ring (bicyclic) bond motifs is 4. The number of H-pyrrole nitrogens is 1. The molecule has 204 valence electrons. The molecule has 0 bridgehead atoms. The van der Waals surface area contributed by atoms with Gasteiger partial charge in [0.1, 0.15) is 11.4 Å². The van der Waals surface area contributed by atoms with E-state index in [4.69, 9.17) is 37.9 Å². The number of nitrogens with one attached hydrogen (secondary N) is 2. The number of benzene rings is 1. The summed E-state index contributed by atoms with van der Waals surface area (Å²) in [4.78, 5) is 42.3. The van der Waals surface area contributed by atoms with Crippen LogP contribution in [0.4, 0.5) is 10.5 Å². The van der Waals surface area contributed by atoms with Crippen LogP contribution in [0, 0.1) is 11.8 Å². The molecule has 1 aromatic carbocycles. The summed E-state index contributed by atoms with van der Waals surface area (Å²) in [5.41, 5.74) is 2.10. The maximum atomic E-state index is 13.5. The van der Waals surface area contributed by atoms with Crippen LogP contribution in [0.5, 0.6) is 0 Å². The highest BCUT2D eigenvalue weighted by atomic mass is 35.5. The average Bonchev–Trinajstić information content (AvgIpc) is 3.52. The number of para-hydroxylation sites is 1. The molecule has 11 heteroatoms. The highest BCUT2D eigenvalue weighted by molar-refractivity contribution is 6.39. The Morgan fingerprint density at radius 1 is 1.21 bits per heavy atom. The summed E-state index contributed by atoms with van der Waals surface area (Å²) in [6.45, 7) is 6.85. The predicted octanol–water partition coefficient (Wildman–Crippen LogP) is 5.20. The Kier molecular flexibility index (Phi) is 6.26. The van der Waals surface area contributed by atoms with Gasteiger partial charge in [0, 0.05) is 26.1 Å². The largest absolute Gasteiger partial charge is 0.444 e. The van der Waals surface area contributed by atoms with Crippen molar-refractivity contribution in [1.82, 2.24) is 19.8 Å². The summed E-state index contributed by atoms with van der Waals surface area (Å²) in [6, 6.07) is 4.74. The first-order valence-corrected chi connectivity index (χ1v) is 13.8. The third-order valence-corrected chi connectivity index (χ3v) is 8.25. The molecule has 2 aliphatic carbocycles. The van der Waals surface area contributed by atoms with Crippen LogP contribution < -0.4 is 10.9 Å². The van der Waals surface area contributed by atoms with Crippen LogP contribution in [0.15, 0.2) is 40.1 Å². The van der Waals surface area contributed by atoms with Crippen molar-refractivity contribution in [2.75, 3.05) is 25.5 Å². The van der Waals surface area contributed by atoms with Gasteiger partial charge >= 0.3 is 6.09 Å². The van der Waals surface area contributed by atoms with E-state index in [1.54, 1.807) is 23.1 Å². The smallest absolute Gasteiger partial charge is 0.410 e. The predicted molar refractivity (Wildman–Crippen MR) is 153 cm³/mol. The van der Waals surface area contributed by atoms with Crippen molar-refractivity contribution in [3.63, 3.8) is 0 Å². The van der Waals surface area contributed by atoms with Crippen LogP contribution in [0.2, 0.25) is 10.0 Å². The zero-order valence-corrected chi connectivity index (χ0v) is 23.7.